The summed E-state index contributed by atoms with van der Waals surface area (Å²) in [5, 5.41) is 9.07. The van der Waals surface area contributed by atoms with Crippen molar-refractivity contribution in [3.8, 4) is 0 Å². The molecule has 1 atom stereocenters. The van der Waals surface area contributed by atoms with Gasteiger partial charge in [-0.25, -0.2) is 4.39 Å². The van der Waals surface area contributed by atoms with E-state index in [-0.39, 0.29) is 47.4 Å². The van der Waals surface area contributed by atoms with Gasteiger partial charge in [0.1, 0.15) is 5.82 Å². The largest absolute Gasteiger partial charge is 0.355 e. The fraction of sp³-hybridized carbons (Fsp3) is 0.526. The van der Waals surface area contributed by atoms with Crippen LogP contribution in [0.4, 0.5) is 4.39 Å². The zero-order valence-electron chi connectivity index (χ0n) is 16.5. The summed E-state index contributed by atoms with van der Waals surface area (Å²) in [6, 6.07) is 6.02. The molecule has 0 aliphatic carbocycles. The Labute approximate surface area is 182 Å². The summed E-state index contributed by atoms with van der Waals surface area (Å²) in [5.41, 5.74) is 0.0286. The SMILES string of the molecule is CN=C(NCCNC(=O)c1ccccc1F)NC1CCN(C(=O)C(C)C)C1.I. The zero-order valence-corrected chi connectivity index (χ0v) is 18.8. The second-order valence-corrected chi connectivity index (χ2v) is 6.80. The molecule has 0 radical (unpaired) electrons. The molecule has 2 rings (SSSR count). The number of hydrogen-bond donors (Lipinski definition) is 3. The number of benzene rings is 1. The molecule has 1 fully saturated rings. The quantitative estimate of drug-likeness (QED) is 0.237. The third kappa shape index (κ3) is 6.92. The maximum absolute atomic E-state index is 13.6. The minimum absolute atomic E-state index is 0. The molecule has 1 unspecified atom stereocenters. The molecule has 156 valence electrons. The highest BCUT2D eigenvalue weighted by Gasteiger charge is 2.27. The maximum atomic E-state index is 13.6. The van der Waals surface area contributed by atoms with Crippen molar-refractivity contribution in [3.63, 3.8) is 0 Å². The summed E-state index contributed by atoms with van der Waals surface area (Å²) in [4.78, 5) is 30.0. The van der Waals surface area contributed by atoms with Gasteiger partial charge >= 0.3 is 0 Å². The van der Waals surface area contributed by atoms with Gasteiger partial charge < -0.3 is 20.9 Å². The highest BCUT2D eigenvalue weighted by molar-refractivity contribution is 14.0. The Morgan fingerprint density at radius 1 is 1.25 bits per heavy atom. The van der Waals surface area contributed by atoms with Crippen LogP contribution in [0.1, 0.15) is 30.6 Å². The Morgan fingerprint density at radius 2 is 1.93 bits per heavy atom. The van der Waals surface area contributed by atoms with Gasteiger partial charge in [-0.3, -0.25) is 14.6 Å². The predicted molar refractivity (Wildman–Crippen MR) is 118 cm³/mol. The number of likely N-dealkylation sites (tertiary alicyclic amines) is 1. The second-order valence-electron chi connectivity index (χ2n) is 6.80. The maximum Gasteiger partial charge on any atom is 0.254 e. The third-order valence-electron chi connectivity index (χ3n) is 4.38. The Kier molecular flexibility index (Phi) is 10.2. The smallest absolute Gasteiger partial charge is 0.254 e. The van der Waals surface area contributed by atoms with Crippen molar-refractivity contribution in [2.45, 2.75) is 26.3 Å². The normalized spacial score (nSPS) is 16.5. The van der Waals surface area contributed by atoms with E-state index in [0.717, 1.165) is 13.0 Å². The van der Waals surface area contributed by atoms with E-state index in [2.05, 4.69) is 20.9 Å². The van der Waals surface area contributed by atoms with Crippen LogP contribution in [0.25, 0.3) is 0 Å². The van der Waals surface area contributed by atoms with Crippen molar-refractivity contribution in [1.82, 2.24) is 20.9 Å². The molecule has 2 amide bonds. The highest BCUT2D eigenvalue weighted by Crippen LogP contribution is 2.12. The number of amides is 2. The van der Waals surface area contributed by atoms with E-state index in [0.29, 0.717) is 25.6 Å². The van der Waals surface area contributed by atoms with Crippen LogP contribution in [0.15, 0.2) is 29.3 Å². The number of guanidine groups is 1. The van der Waals surface area contributed by atoms with Gasteiger partial charge in [0.25, 0.3) is 5.91 Å². The van der Waals surface area contributed by atoms with E-state index in [4.69, 9.17) is 0 Å². The Balaban J connectivity index is 0.00000392. The number of rotatable bonds is 6. The van der Waals surface area contributed by atoms with Crippen LogP contribution in [0.2, 0.25) is 0 Å². The van der Waals surface area contributed by atoms with Crippen molar-refractivity contribution in [1.29, 1.82) is 0 Å². The summed E-state index contributed by atoms with van der Waals surface area (Å²) < 4.78 is 13.6. The van der Waals surface area contributed by atoms with Gasteiger partial charge in [-0.2, -0.15) is 0 Å². The molecule has 1 aromatic rings. The summed E-state index contributed by atoms with van der Waals surface area (Å²) in [6.07, 6.45) is 0.864. The number of halogens is 2. The summed E-state index contributed by atoms with van der Waals surface area (Å²) >= 11 is 0. The molecule has 1 aromatic carbocycles. The highest BCUT2D eigenvalue weighted by atomic mass is 127. The van der Waals surface area contributed by atoms with E-state index in [1.165, 1.54) is 12.1 Å². The van der Waals surface area contributed by atoms with Crippen LogP contribution in [0, 0.1) is 11.7 Å². The van der Waals surface area contributed by atoms with E-state index in [1.807, 2.05) is 18.7 Å². The number of carbonyl (C=O) groups excluding carboxylic acids is 2. The molecular formula is C19H29FIN5O2. The second kappa shape index (κ2) is 11.8. The molecule has 1 aliphatic heterocycles. The van der Waals surface area contributed by atoms with E-state index in [9.17, 15) is 14.0 Å². The minimum atomic E-state index is -0.540. The third-order valence-corrected chi connectivity index (χ3v) is 4.38. The van der Waals surface area contributed by atoms with Crippen molar-refractivity contribution in [2.75, 3.05) is 33.2 Å². The fourth-order valence-electron chi connectivity index (χ4n) is 2.93. The Hall–Kier alpha value is -1.91. The van der Waals surface area contributed by atoms with Gasteiger partial charge in [-0.1, -0.05) is 26.0 Å². The molecule has 0 spiro atoms. The van der Waals surface area contributed by atoms with Crippen LogP contribution in [-0.2, 0) is 4.79 Å². The average molecular weight is 505 g/mol. The van der Waals surface area contributed by atoms with E-state index < -0.39 is 11.7 Å². The summed E-state index contributed by atoms with van der Waals surface area (Å²) in [6.45, 7) is 5.97. The van der Waals surface area contributed by atoms with Gasteiger partial charge in [0.15, 0.2) is 5.96 Å². The Bertz CT molecular complexity index is 699. The van der Waals surface area contributed by atoms with Crippen LogP contribution in [0.5, 0.6) is 0 Å². The summed E-state index contributed by atoms with van der Waals surface area (Å²) in [5.74, 6) is -0.213. The molecular weight excluding hydrogens is 476 g/mol. The number of hydrogen-bond acceptors (Lipinski definition) is 3. The standard InChI is InChI=1S/C19H28FN5O2.HI/c1-13(2)18(27)25-11-8-14(12-25)24-19(21-3)23-10-9-22-17(26)15-6-4-5-7-16(15)20;/h4-7,13-14H,8-12H2,1-3H3,(H,22,26)(H2,21,23,24);1H. The van der Waals surface area contributed by atoms with Crippen LogP contribution in [0.3, 0.4) is 0 Å². The van der Waals surface area contributed by atoms with Crippen LogP contribution in [-0.4, -0.2) is 61.9 Å². The van der Waals surface area contributed by atoms with Crippen molar-refractivity contribution >= 4 is 41.8 Å². The first-order valence-corrected chi connectivity index (χ1v) is 9.21. The number of nitrogens with zero attached hydrogens (tertiary/aromatic N) is 2. The fourth-order valence-corrected chi connectivity index (χ4v) is 2.93. The first kappa shape index (κ1) is 24.1. The lowest BCUT2D eigenvalue weighted by Gasteiger charge is -2.20. The molecule has 9 heteroatoms. The lowest BCUT2D eigenvalue weighted by atomic mass is 10.2. The van der Waals surface area contributed by atoms with Crippen LogP contribution >= 0.6 is 24.0 Å². The monoisotopic (exact) mass is 505 g/mol. The summed E-state index contributed by atoms with van der Waals surface area (Å²) in [7, 11) is 1.67. The van der Waals surface area contributed by atoms with E-state index >= 15 is 0 Å². The molecule has 1 aliphatic rings. The van der Waals surface area contributed by atoms with Crippen molar-refractivity contribution in [2.24, 2.45) is 10.9 Å². The topological polar surface area (TPSA) is 85.8 Å². The lowest BCUT2D eigenvalue weighted by molar-refractivity contribution is -0.133. The molecule has 0 aromatic heterocycles. The molecule has 0 saturated carbocycles. The lowest BCUT2D eigenvalue weighted by Crippen LogP contribution is -2.47. The van der Waals surface area contributed by atoms with Gasteiger partial charge in [-0.15, -0.1) is 24.0 Å². The van der Waals surface area contributed by atoms with Crippen molar-refractivity contribution < 1.29 is 14.0 Å². The number of carbonyl (C=O) groups is 2. The number of aliphatic imine (C=N–C) groups is 1. The van der Waals surface area contributed by atoms with E-state index in [1.54, 1.807) is 19.2 Å². The first-order valence-electron chi connectivity index (χ1n) is 9.21. The van der Waals surface area contributed by atoms with Gasteiger partial charge in [0.2, 0.25) is 5.91 Å². The van der Waals surface area contributed by atoms with Gasteiger partial charge in [-0.05, 0) is 18.6 Å². The molecule has 0 bridgehead atoms. The minimum Gasteiger partial charge on any atom is -0.355 e. The zero-order chi connectivity index (χ0) is 19.8. The Morgan fingerprint density at radius 3 is 2.57 bits per heavy atom. The van der Waals surface area contributed by atoms with Crippen LogP contribution < -0.4 is 16.0 Å². The molecule has 7 nitrogen and oxygen atoms in total. The van der Waals surface area contributed by atoms with Gasteiger partial charge in [0.05, 0.1) is 5.56 Å². The molecule has 28 heavy (non-hydrogen) atoms. The van der Waals surface area contributed by atoms with Gasteiger partial charge in [0, 0.05) is 45.2 Å². The molecule has 1 saturated heterocycles. The average Bonchev–Trinajstić information content (AvgIpc) is 3.12. The predicted octanol–water partition coefficient (Wildman–Crippen LogP) is 1.60. The number of nitrogens with one attached hydrogen (secondary N) is 3. The molecule has 3 N–H and O–H groups in total. The first-order chi connectivity index (χ1) is 12.9. The van der Waals surface area contributed by atoms with Crippen molar-refractivity contribution in [3.05, 3.63) is 35.6 Å². The molecule has 1 heterocycles.